The highest BCUT2D eigenvalue weighted by Crippen LogP contribution is 2.23. The highest BCUT2D eigenvalue weighted by molar-refractivity contribution is 9.10. The van der Waals surface area contributed by atoms with Crippen LogP contribution in [0.5, 0.6) is 0 Å². The number of hydrogen-bond acceptors (Lipinski definition) is 4. The second-order valence-electron chi connectivity index (χ2n) is 4.54. The van der Waals surface area contributed by atoms with E-state index in [1.165, 1.54) is 10.6 Å². The van der Waals surface area contributed by atoms with E-state index < -0.39 is 5.97 Å². The molecule has 0 amide bonds. The van der Waals surface area contributed by atoms with Crippen molar-refractivity contribution in [2.75, 3.05) is 12.3 Å². The molecule has 21 heavy (non-hydrogen) atoms. The Kier molecular flexibility index (Phi) is 4.80. The Bertz CT molecular complexity index is 725. The first kappa shape index (κ1) is 15.3. The lowest BCUT2D eigenvalue weighted by molar-refractivity contribution is 0.0489. The number of carbonyl (C=O) groups is 1. The summed E-state index contributed by atoms with van der Waals surface area (Å²) in [5.74, 6) is -0.454. The second-order valence-corrected chi connectivity index (χ2v) is 5.45. The largest absolute Gasteiger partial charge is 0.460 e. The maximum atomic E-state index is 12.1. The van der Waals surface area contributed by atoms with Crippen molar-refractivity contribution in [3.05, 3.63) is 62.5 Å². The van der Waals surface area contributed by atoms with Gasteiger partial charge in [0.05, 0.1) is 12.1 Å². The summed E-state index contributed by atoms with van der Waals surface area (Å²) in [7, 11) is 0. The second kappa shape index (κ2) is 6.58. The highest BCUT2D eigenvalue weighted by atomic mass is 79.9. The number of benzene rings is 1. The van der Waals surface area contributed by atoms with Gasteiger partial charge < -0.3 is 15.0 Å². The van der Waals surface area contributed by atoms with Crippen molar-refractivity contribution >= 4 is 27.6 Å². The van der Waals surface area contributed by atoms with Crippen LogP contribution in [0.15, 0.2) is 45.8 Å². The first-order chi connectivity index (χ1) is 9.99. The number of pyridine rings is 1. The minimum absolute atomic E-state index is 0.120. The molecule has 6 heteroatoms. The number of halogens is 1. The number of hydrogen-bond donors (Lipinski definition) is 1. The van der Waals surface area contributed by atoms with E-state index in [0.717, 1.165) is 4.47 Å². The SMILES string of the molecule is Cc1c(N)cc(Br)cc1C(=O)OCCn1ccccc1=O. The van der Waals surface area contributed by atoms with E-state index in [4.69, 9.17) is 10.5 Å². The Morgan fingerprint density at radius 1 is 1.38 bits per heavy atom. The third-order valence-electron chi connectivity index (χ3n) is 3.10. The number of esters is 1. The van der Waals surface area contributed by atoms with Gasteiger partial charge in [0.1, 0.15) is 6.61 Å². The summed E-state index contributed by atoms with van der Waals surface area (Å²) < 4.78 is 7.40. The quantitative estimate of drug-likeness (QED) is 0.678. The number of nitrogens with two attached hydrogens (primary N) is 1. The van der Waals surface area contributed by atoms with Crippen molar-refractivity contribution in [3.8, 4) is 0 Å². The molecule has 0 aliphatic rings. The molecule has 1 heterocycles. The number of rotatable bonds is 4. The fraction of sp³-hybridized carbons (Fsp3) is 0.200. The van der Waals surface area contributed by atoms with Crippen LogP contribution < -0.4 is 11.3 Å². The summed E-state index contributed by atoms with van der Waals surface area (Å²) in [5, 5.41) is 0. The Morgan fingerprint density at radius 2 is 2.14 bits per heavy atom. The van der Waals surface area contributed by atoms with E-state index in [2.05, 4.69) is 15.9 Å². The molecule has 0 saturated carbocycles. The molecule has 0 fully saturated rings. The maximum absolute atomic E-state index is 12.1. The zero-order chi connectivity index (χ0) is 15.4. The van der Waals surface area contributed by atoms with Crippen LogP contribution in [0.1, 0.15) is 15.9 Å². The lowest BCUT2D eigenvalue weighted by Crippen LogP contribution is -2.21. The van der Waals surface area contributed by atoms with Crippen molar-refractivity contribution in [1.29, 1.82) is 0 Å². The zero-order valence-electron chi connectivity index (χ0n) is 11.5. The number of aromatic nitrogens is 1. The molecule has 0 saturated heterocycles. The zero-order valence-corrected chi connectivity index (χ0v) is 13.1. The van der Waals surface area contributed by atoms with Gasteiger partial charge in [-0.3, -0.25) is 4.79 Å². The Morgan fingerprint density at radius 3 is 2.86 bits per heavy atom. The van der Waals surface area contributed by atoms with Gasteiger partial charge in [-0.1, -0.05) is 22.0 Å². The summed E-state index contributed by atoms with van der Waals surface area (Å²) in [6, 6.07) is 8.28. The molecule has 2 N–H and O–H groups in total. The van der Waals surface area contributed by atoms with Crippen LogP contribution in [-0.4, -0.2) is 17.1 Å². The molecule has 0 atom stereocenters. The molecular weight excluding hydrogens is 336 g/mol. The lowest BCUT2D eigenvalue weighted by atomic mass is 10.1. The van der Waals surface area contributed by atoms with Crippen LogP contribution in [0.2, 0.25) is 0 Å². The molecule has 0 bridgehead atoms. The molecule has 0 unspecified atom stereocenters. The van der Waals surface area contributed by atoms with Gasteiger partial charge in [-0.15, -0.1) is 0 Å². The topological polar surface area (TPSA) is 74.3 Å². The molecule has 2 rings (SSSR count). The van der Waals surface area contributed by atoms with E-state index in [0.29, 0.717) is 23.4 Å². The van der Waals surface area contributed by atoms with Gasteiger partial charge in [0, 0.05) is 22.4 Å². The van der Waals surface area contributed by atoms with Crippen molar-refractivity contribution < 1.29 is 9.53 Å². The lowest BCUT2D eigenvalue weighted by Gasteiger charge is -2.10. The van der Waals surface area contributed by atoms with Crippen LogP contribution in [0.3, 0.4) is 0 Å². The molecule has 5 nitrogen and oxygen atoms in total. The first-order valence-corrected chi connectivity index (χ1v) is 7.16. The molecule has 0 radical (unpaired) electrons. The predicted octanol–water partition coefficient (Wildman–Crippen LogP) is 2.36. The fourth-order valence-electron chi connectivity index (χ4n) is 1.87. The molecule has 0 aliphatic carbocycles. The molecule has 110 valence electrons. The first-order valence-electron chi connectivity index (χ1n) is 6.37. The number of carbonyl (C=O) groups excluding carboxylic acids is 1. The number of nitrogen functional groups attached to an aromatic ring is 1. The van der Waals surface area contributed by atoms with Gasteiger partial charge in [0.15, 0.2) is 0 Å². The van der Waals surface area contributed by atoms with Gasteiger partial charge in [-0.05, 0) is 30.7 Å². The monoisotopic (exact) mass is 350 g/mol. The summed E-state index contributed by atoms with van der Waals surface area (Å²) in [6.07, 6.45) is 1.65. The summed E-state index contributed by atoms with van der Waals surface area (Å²) in [6.45, 7) is 2.20. The van der Waals surface area contributed by atoms with Gasteiger partial charge in [0.25, 0.3) is 5.56 Å². The third kappa shape index (κ3) is 3.72. The molecule has 2 aromatic rings. The van der Waals surface area contributed by atoms with Crippen molar-refractivity contribution in [1.82, 2.24) is 4.57 Å². The highest BCUT2D eigenvalue weighted by Gasteiger charge is 2.13. The van der Waals surface area contributed by atoms with Crippen LogP contribution in [0.25, 0.3) is 0 Å². The number of nitrogens with zero attached hydrogens (tertiary/aromatic N) is 1. The minimum atomic E-state index is -0.454. The fourth-order valence-corrected chi connectivity index (χ4v) is 2.35. The Hall–Kier alpha value is -2.08. The molecule has 1 aromatic heterocycles. The van der Waals surface area contributed by atoms with Crippen molar-refractivity contribution in [2.45, 2.75) is 13.5 Å². The molecule has 1 aromatic carbocycles. The average Bonchev–Trinajstić information content (AvgIpc) is 2.44. The smallest absolute Gasteiger partial charge is 0.338 e. The Labute approximate surface area is 130 Å². The van der Waals surface area contributed by atoms with E-state index in [-0.39, 0.29) is 12.2 Å². The van der Waals surface area contributed by atoms with Gasteiger partial charge >= 0.3 is 5.97 Å². The van der Waals surface area contributed by atoms with E-state index in [1.54, 1.807) is 37.4 Å². The Balaban J connectivity index is 2.03. The van der Waals surface area contributed by atoms with Crippen molar-refractivity contribution in [3.63, 3.8) is 0 Å². The van der Waals surface area contributed by atoms with Gasteiger partial charge in [-0.2, -0.15) is 0 Å². The van der Waals surface area contributed by atoms with Gasteiger partial charge in [-0.25, -0.2) is 4.79 Å². The summed E-state index contributed by atoms with van der Waals surface area (Å²) in [5.41, 5.74) is 7.31. The maximum Gasteiger partial charge on any atom is 0.338 e. The standard InChI is InChI=1S/C15H15BrN2O3/c1-10-12(8-11(16)9-13(10)17)15(20)21-7-6-18-5-3-2-4-14(18)19/h2-5,8-9H,6-7,17H2,1H3. The van der Waals surface area contributed by atoms with Crippen LogP contribution in [0.4, 0.5) is 5.69 Å². The van der Waals surface area contributed by atoms with Crippen LogP contribution in [-0.2, 0) is 11.3 Å². The molecular formula is C15H15BrN2O3. The van der Waals surface area contributed by atoms with E-state index in [1.807, 2.05) is 0 Å². The van der Waals surface area contributed by atoms with E-state index >= 15 is 0 Å². The third-order valence-corrected chi connectivity index (χ3v) is 3.55. The number of anilines is 1. The van der Waals surface area contributed by atoms with Crippen LogP contribution >= 0.6 is 15.9 Å². The van der Waals surface area contributed by atoms with Crippen LogP contribution in [0, 0.1) is 6.92 Å². The van der Waals surface area contributed by atoms with E-state index in [9.17, 15) is 9.59 Å². The van der Waals surface area contributed by atoms with Gasteiger partial charge in [0.2, 0.25) is 0 Å². The average molecular weight is 351 g/mol. The number of ether oxygens (including phenoxy) is 1. The molecule has 0 spiro atoms. The normalized spacial score (nSPS) is 10.4. The minimum Gasteiger partial charge on any atom is -0.460 e. The summed E-state index contributed by atoms with van der Waals surface area (Å²) in [4.78, 5) is 23.6. The molecule has 0 aliphatic heterocycles. The van der Waals surface area contributed by atoms with Crippen molar-refractivity contribution in [2.24, 2.45) is 0 Å². The summed E-state index contributed by atoms with van der Waals surface area (Å²) >= 11 is 3.30. The predicted molar refractivity (Wildman–Crippen MR) is 84.3 cm³/mol.